The van der Waals surface area contributed by atoms with Crippen molar-refractivity contribution in [3.63, 3.8) is 0 Å². The molecular weight excluding hydrogens is 270 g/mol. The fourth-order valence-corrected chi connectivity index (χ4v) is 2.17. The standard InChI is InChI=1S/C13H14ClNO4/c14-9-3-1-2-8(6-9)12(16)15-7-10-4-5-11(19-10)13(17)18/h1-3,6,10-11H,4-5,7H2,(H,15,16)(H,17,18). The fourth-order valence-electron chi connectivity index (χ4n) is 1.98. The molecule has 2 unspecified atom stereocenters. The summed E-state index contributed by atoms with van der Waals surface area (Å²) in [5.41, 5.74) is 0.472. The third-order valence-electron chi connectivity index (χ3n) is 2.96. The number of benzene rings is 1. The first-order valence-corrected chi connectivity index (χ1v) is 6.36. The number of carbonyl (C=O) groups is 2. The first-order valence-electron chi connectivity index (χ1n) is 5.98. The molecule has 1 fully saturated rings. The van der Waals surface area contributed by atoms with Crippen LogP contribution in [0.15, 0.2) is 24.3 Å². The van der Waals surface area contributed by atoms with Crippen LogP contribution in [0.4, 0.5) is 0 Å². The van der Waals surface area contributed by atoms with Crippen LogP contribution in [0.3, 0.4) is 0 Å². The van der Waals surface area contributed by atoms with Crippen molar-refractivity contribution in [3.05, 3.63) is 34.9 Å². The molecular formula is C13H14ClNO4. The van der Waals surface area contributed by atoms with Gasteiger partial charge in [-0.2, -0.15) is 0 Å². The summed E-state index contributed by atoms with van der Waals surface area (Å²) in [6.07, 6.45) is 0.108. The maximum absolute atomic E-state index is 11.8. The van der Waals surface area contributed by atoms with Gasteiger partial charge >= 0.3 is 5.97 Å². The van der Waals surface area contributed by atoms with Crippen molar-refractivity contribution in [3.8, 4) is 0 Å². The number of hydrogen-bond donors (Lipinski definition) is 2. The van der Waals surface area contributed by atoms with Crippen molar-refractivity contribution in [1.29, 1.82) is 0 Å². The predicted octanol–water partition coefficient (Wildman–Crippen LogP) is 1.70. The van der Waals surface area contributed by atoms with Gasteiger partial charge in [-0.05, 0) is 31.0 Å². The zero-order valence-corrected chi connectivity index (χ0v) is 10.9. The molecule has 0 bridgehead atoms. The number of amides is 1. The molecule has 1 aliphatic heterocycles. The van der Waals surface area contributed by atoms with E-state index in [0.717, 1.165) is 0 Å². The third-order valence-corrected chi connectivity index (χ3v) is 3.20. The van der Waals surface area contributed by atoms with Crippen LogP contribution in [0.1, 0.15) is 23.2 Å². The van der Waals surface area contributed by atoms with E-state index in [2.05, 4.69) is 5.32 Å². The Hall–Kier alpha value is -1.59. The van der Waals surface area contributed by atoms with Crippen LogP contribution < -0.4 is 5.32 Å². The highest BCUT2D eigenvalue weighted by Gasteiger charge is 2.30. The van der Waals surface area contributed by atoms with E-state index in [1.807, 2.05) is 0 Å². The number of carboxylic acid groups (broad SMARTS) is 1. The van der Waals surface area contributed by atoms with Crippen LogP contribution in [0, 0.1) is 0 Å². The average Bonchev–Trinajstić information content (AvgIpc) is 2.85. The molecule has 1 aliphatic rings. The van der Waals surface area contributed by atoms with E-state index in [0.29, 0.717) is 30.0 Å². The van der Waals surface area contributed by atoms with E-state index in [1.165, 1.54) is 0 Å². The maximum Gasteiger partial charge on any atom is 0.332 e. The molecule has 0 aromatic heterocycles. The molecule has 6 heteroatoms. The molecule has 1 saturated heterocycles. The number of carboxylic acids is 1. The number of ether oxygens (including phenoxy) is 1. The van der Waals surface area contributed by atoms with Crippen LogP contribution in [-0.4, -0.2) is 35.7 Å². The summed E-state index contributed by atoms with van der Waals surface area (Å²) in [5.74, 6) is -1.20. The van der Waals surface area contributed by atoms with Gasteiger partial charge in [0.2, 0.25) is 0 Å². The van der Waals surface area contributed by atoms with E-state index in [1.54, 1.807) is 24.3 Å². The summed E-state index contributed by atoms with van der Waals surface area (Å²) in [6.45, 7) is 0.301. The van der Waals surface area contributed by atoms with Gasteiger partial charge in [-0.25, -0.2) is 4.79 Å². The van der Waals surface area contributed by atoms with Crippen molar-refractivity contribution in [2.75, 3.05) is 6.54 Å². The van der Waals surface area contributed by atoms with Gasteiger partial charge in [0.25, 0.3) is 5.91 Å². The van der Waals surface area contributed by atoms with Gasteiger partial charge in [0.1, 0.15) is 0 Å². The van der Waals surface area contributed by atoms with Crippen molar-refractivity contribution < 1.29 is 19.4 Å². The molecule has 0 aliphatic carbocycles. The summed E-state index contributed by atoms with van der Waals surface area (Å²) < 4.78 is 5.29. The fraction of sp³-hybridized carbons (Fsp3) is 0.385. The van der Waals surface area contributed by atoms with Crippen LogP contribution in [0.25, 0.3) is 0 Å². The van der Waals surface area contributed by atoms with Crippen LogP contribution in [-0.2, 0) is 9.53 Å². The Kier molecular flexibility index (Phi) is 4.39. The van der Waals surface area contributed by atoms with E-state index in [9.17, 15) is 9.59 Å². The lowest BCUT2D eigenvalue weighted by molar-refractivity contribution is -0.149. The molecule has 1 aromatic rings. The third kappa shape index (κ3) is 3.68. The number of hydrogen-bond acceptors (Lipinski definition) is 3. The molecule has 0 saturated carbocycles. The van der Waals surface area contributed by atoms with Gasteiger partial charge in [0.05, 0.1) is 6.10 Å². The normalized spacial score (nSPS) is 22.2. The second kappa shape index (κ2) is 6.04. The molecule has 0 radical (unpaired) electrons. The molecule has 2 N–H and O–H groups in total. The van der Waals surface area contributed by atoms with Gasteiger partial charge in [0, 0.05) is 17.1 Å². The summed E-state index contributed by atoms with van der Waals surface area (Å²) >= 11 is 5.80. The van der Waals surface area contributed by atoms with Gasteiger partial charge < -0.3 is 15.2 Å². The predicted molar refractivity (Wildman–Crippen MR) is 69.3 cm³/mol. The van der Waals surface area contributed by atoms with Gasteiger partial charge in [0.15, 0.2) is 6.10 Å². The van der Waals surface area contributed by atoms with Crippen molar-refractivity contribution in [1.82, 2.24) is 5.32 Å². The van der Waals surface area contributed by atoms with Crippen molar-refractivity contribution in [2.24, 2.45) is 0 Å². The Bertz CT molecular complexity index is 491. The largest absolute Gasteiger partial charge is 0.479 e. The zero-order valence-electron chi connectivity index (χ0n) is 10.1. The van der Waals surface area contributed by atoms with Crippen LogP contribution in [0.5, 0.6) is 0 Å². The summed E-state index contributed by atoms with van der Waals surface area (Å²) in [6, 6.07) is 6.63. The molecule has 2 atom stereocenters. The highest BCUT2D eigenvalue weighted by Crippen LogP contribution is 2.19. The van der Waals surface area contributed by atoms with E-state index in [-0.39, 0.29) is 12.0 Å². The first-order chi connectivity index (χ1) is 9.06. The number of halogens is 1. The minimum atomic E-state index is -0.955. The minimum Gasteiger partial charge on any atom is -0.479 e. The molecule has 102 valence electrons. The van der Waals surface area contributed by atoms with Crippen molar-refractivity contribution in [2.45, 2.75) is 25.0 Å². The SMILES string of the molecule is O=C(NCC1CCC(C(=O)O)O1)c1cccc(Cl)c1. The smallest absolute Gasteiger partial charge is 0.332 e. The number of rotatable bonds is 4. The molecule has 0 spiro atoms. The molecule has 5 nitrogen and oxygen atoms in total. The topological polar surface area (TPSA) is 75.6 Å². The van der Waals surface area contributed by atoms with Gasteiger partial charge in [-0.3, -0.25) is 4.79 Å². The lowest BCUT2D eigenvalue weighted by Crippen LogP contribution is -2.33. The Morgan fingerprint density at radius 2 is 2.21 bits per heavy atom. The first kappa shape index (κ1) is 13.8. The average molecular weight is 284 g/mol. The second-order valence-electron chi connectivity index (χ2n) is 4.38. The molecule has 2 rings (SSSR count). The minimum absolute atomic E-state index is 0.245. The van der Waals surface area contributed by atoms with Crippen molar-refractivity contribution >= 4 is 23.5 Å². The zero-order chi connectivity index (χ0) is 13.8. The number of nitrogens with one attached hydrogen (secondary N) is 1. The van der Waals surface area contributed by atoms with Gasteiger partial charge in [-0.15, -0.1) is 0 Å². The van der Waals surface area contributed by atoms with Gasteiger partial charge in [-0.1, -0.05) is 17.7 Å². The van der Waals surface area contributed by atoms with E-state index in [4.69, 9.17) is 21.4 Å². The number of aliphatic carboxylic acids is 1. The molecule has 19 heavy (non-hydrogen) atoms. The molecule has 1 aromatic carbocycles. The second-order valence-corrected chi connectivity index (χ2v) is 4.82. The summed E-state index contributed by atoms with van der Waals surface area (Å²) in [5, 5.41) is 12.0. The highest BCUT2D eigenvalue weighted by molar-refractivity contribution is 6.30. The lowest BCUT2D eigenvalue weighted by atomic mass is 10.2. The monoisotopic (exact) mass is 283 g/mol. The lowest BCUT2D eigenvalue weighted by Gasteiger charge is -2.12. The summed E-state index contributed by atoms with van der Waals surface area (Å²) in [4.78, 5) is 22.5. The van der Waals surface area contributed by atoms with Crippen LogP contribution >= 0.6 is 11.6 Å². The Balaban J connectivity index is 1.83. The highest BCUT2D eigenvalue weighted by atomic mass is 35.5. The maximum atomic E-state index is 11.8. The summed E-state index contributed by atoms with van der Waals surface area (Å²) in [7, 11) is 0. The van der Waals surface area contributed by atoms with E-state index >= 15 is 0 Å². The Morgan fingerprint density at radius 3 is 2.84 bits per heavy atom. The Morgan fingerprint density at radius 1 is 1.42 bits per heavy atom. The van der Waals surface area contributed by atoms with Crippen LogP contribution in [0.2, 0.25) is 5.02 Å². The molecule has 1 amide bonds. The van der Waals surface area contributed by atoms with E-state index < -0.39 is 12.1 Å². The Labute approximate surface area is 115 Å². The molecule has 1 heterocycles. The quantitative estimate of drug-likeness (QED) is 0.882. The number of carbonyl (C=O) groups excluding carboxylic acids is 1.